The van der Waals surface area contributed by atoms with E-state index < -0.39 is 0 Å². The normalized spacial score (nSPS) is 15.5. The molecular formula is C15H21N3O4. The first-order valence-corrected chi connectivity index (χ1v) is 7.43. The van der Waals surface area contributed by atoms with Gasteiger partial charge in [-0.15, -0.1) is 0 Å². The van der Waals surface area contributed by atoms with Crippen molar-refractivity contribution in [2.24, 2.45) is 0 Å². The number of rotatable bonds is 3. The van der Waals surface area contributed by atoms with Crippen LogP contribution in [0.5, 0.6) is 0 Å². The number of hydrogen-bond acceptors (Lipinski definition) is 4. The summed E-state index contributed by atoms with van der Waals surface area (Å²) in [6, 6.07) is 1.36. The van der Waals surface area contributed by atoms with E-state index in [4.69, 9.17) is 4.74 Å². The Kier molecular flexibility index (Phi) is 5.19. The minimum atomic E-state index is -0.379. The van der Waals surface area contributed by atoms with E-state index in [1.807, 2.05) is 0 Å². The molecule has 2 amide bonds. The zero-order valence-corrected chi connectivity index (χ0v) is 12.8. The average Bonchev–Trinajstić information content (AvgIpc) is 2.48. The van der Waals surface area contributed by atoms with Gasteiger partial charge in [-0.2, -0.15) is 0 Å². The first kappa shape index (κ1) is 16.1. The molecule has 1 fully saturated rings. The lowest BCUT2D eigenvalue weighted by atomic mass is 10.0. The predicted octanol–water partition coefficient (Wildman–Crippen LogP) is 1.03. The largest absolute Gasteiger partial charge is 0.450 e. The molecule has 1 aliphatic rings. The summed E-state index contributed by atoms with van der Waals surface area (Å²) in [5.41, 5.74) is 0.528. The zero-order valence-electron chi connectivity index (χ0n) is 12.8. The second-order valence-corrected chi connectivity index (χ2v) is 5.33. The third kappa shape index (κ3) is 3.87. The average molecular weight is 307 g/mol. The van der Waals surface area contributed by atoms with Crippen LogP contribution in [-0.2, 0) is 4.74 Å². The molecule has 7 nitrogen and oxygen atoms in total. The molecule has 0 saturated carbocycles. The van der Waals surface area contributed by atoms with E-state index in [2.05, 4.69) is 10.3 Å². The number of pyridine rings is 1. The Morgan fingerprint density at radius 1 is 1.41 bits per heavy atom. The van der Waals surface area contributed by atoms with Gasteiger partial charge in [-0.1, -0.05) is 0 Å². The topological polar surface area (TPSA) is 91.5 Å². The molecule has 2 heterocycles. The molecule has 2 rings (SSSR count). The molecule has 1 aromatic heterocycles. The van der Waals surface area contributed by atoms with E-state index in [1.54, 1.807) is 18.7 Å². The summed E-state index contributed by atoms with van der Waals surface area (Å²) in [6.07, 6.45) is 2.41. The molecule has 1 aliphatic heterocycles. The highest BCUT2D eigenvalue weighted by atomic mass is 16.6. The summed E-state index contributed by atoms with van der Waals surface area (Å²) < 4.78 is 4.95. The number of likely N-dealkylation sites (tertiary alicyclic amines) is 1. The molecule has 0 aromatic carbocycles. The number of nitrogens with zero attached hydrogens (tertiary/aromatic N) is 1. The van der Waals surface area contributed by atoms with Crippen LogP contribution in [0.25, 0.3) is 0 Å². The highest BCUT2D eigenvalue weighted by Crippen LogP contribution is 2.12. The van der Waals surface area contributed by atoms with Gasteiger partial charge in [0.05, 0.1) is 6.61 Å². The summed E-state index contributed by atoms with van der Waals surface area (Å²) in [4.78, 5) is 40.0. The predicted molar refractivity (Wildman–Crippen MR) is 80.9 cm³/mol. The van der Waals surface area contributed by atoms with Crippen LogP contribution < -0.4 is 10.7 Å². The number of aromatic nitrogens is 1. The monoisotopic (exact) mass is 307 g/mol. The molecule has 1 aromatic rings. The SMILES string of the molecule is CCOC(=O)N1CCC(NC(=O)c2c[nH]c(C)cc2=O)CC1. The number of ether oxygens (including phenoxy) is 1. The molecular weight excluding hydrogens is 286 g/mol. The van der Waals surface area contributed by atoms with Gasteiger partial charge in [-0.25, -0.2) is 4.79 Å². The number of aromatic amines is 1. The maximum atomic E-state index is 12.1. The fraction of sp³-hybridized carbons (Fsp3) is 0.533. The summed E-state index contributed by atoms with van der Waals surface area (Å²) in [7, 11) is 0. The summed E-state index contributed by atoms with van der Waals surface area (Å²) in [5.74, 6) is -0.379. The number of carbonyl (C=O) groups is 2. The Balaban J connectivity index is 1.89. The van der Waals surface area contributed by atoms with Crippen molar-refractivity contribution >= 4 is 12.0 Å². The highest BCUT2D eigenvalue weighted by molar-refractivity contribution is 5.94. The van der Waals surface area contributed by atoms with Crippen molar-refractivity contribution < 1.29 is 14.3 Å². The van der Waals surface area contributed by atoms with Crippen LogP contribution in [0.3, 0.4) is 0 Å². The van der Waals surface area contributed by atoms with Crippen molar-refractivity contribution in [3.8, 4) is 0 Å². The summed E-state index contributed by atoms with van der Waals surface area (Å²) in [5, 5.41) is 2.85. The maximum absolute atomic E-state index is 12.1. The molecule has 22 heavy (non-hydrogen) atoms. The van der Waals surface area contributed by atoms with E-state index >= 15 is 0 Å². The van der Waals surface area contributed by atoms with Gasteiger partial charge in [-0.3, -0.25) is 9.59 Å². The van der Waals surface area contributed by atoms with Crippen LogP contribution in [0, 0.1) is 6.92 Å². The van der Waals surface area contributed by atoms with Crippen LogP contribution in [0.1, 0.15) is 35.8 Å². The number of piperidine rings is 1. The fourth-order valence-corrected chi connectivity index (χ4v) is 2.43. The minimum absolute atomic E-state index is 0.0427. The molecule has 2 N–H and O–H groups in total. The van der Waals surface area contributed by atoms with Crippen LogP contribution in [0.2, 0.25) is 0 Å². The van der Waals surface area contributed by atoms with Gasteiger partial charge in [0, 0.05) is 37.1 Å². The number of H-pyrrole nitrogens is 1. The van der Waals surface area contributed by atoms with Crippen molar-refractivity contribution in [3.63, 3.8) is 0 Å². The highest BCUT2D eigenvalue weighted by Gasteiger charge is 2.25. The van der Waals surface area contributed by atoms with Gasteiger partial charge in [0.15, 0.2) is 5.43 Å². The van der Waals surface area contributed by atoms with Crippen LogP contribution in [0.4, 0.5) is 4.79 Å². The molecule has 0 aliphatic carbocycles. The van der Waals surface area contributed by atoms with Gasteiger partial charge < -0.3 is 19.9 Å². The number of carbonyl (C=O) groups excluding carboxylic acids is 2. The second kappa shape index (κ2) is 7.11. The Labute approximate surface area is 128 Å². The quantitative estimate of drug-likeness (QED) is 0.872. The minimum Gasteiger partial charge on any atom is -0.450 e. The van der Waals surface area contributed by atoms with Crippen molar-refractivity contribution in [2.45, 2.75) is 32.7 Å². The lowest BCUT2D eigenvalue weighted by Crippen LogP contribution is -2.47. The Morgan fingerprint density at radius 2 is 2.09 bits per heavy atom. The van der Waals surface area contributed by atoms with Gasteiger partial charge >= 0.3 is 6.09 Å². The molecule has 0 bridgehead atoms. The van der Waals surface area contributed by atoms with Crippen molar-refractivity contribution in [3.05, 3.63) is 33.7 Å². The zero-order chi connectivity index (χ0) is 16.1. The summed E-state index contributed by atoms with van der Waals surface area (Å²) in [6.45, 7) is 4.95. The lowest BCUT2D eigenvalue weighted by molar-refractivity contribution is 0.0859. The number of amides is 2. The molecule has 7 heteroatoms. The maximum Gasteiger partial charge on any atom is 0.409 e. The van der Waals surface area contributed by atoms with E-state index in [9.17, 15) is 14.4 Å². The van der Waals surface area contributed by atoms with Crippen LogP contribution in [0.15, 0.2) is 17.1 Å². The first-order valence-electron chi connectivity index (χ1n) is 7.43. The fourth-order valence-electron chi connectivity index (χ4n) is 2.43. The Hall–Kier alpha value is -2.31. The number of hydrogen-bond donors (Lipinski definition) is 2. The van der Waals surface area contributed by atoms with E-state index in [-0.39, 0.29) is 29.0 Å². The second-order valence-electron chi connectivity index (χ2n) is 5.33. The van der Waals surface area contributed by atoms with Crippen molar-refractivity contribution in [1.29, 1.82) is 0 Å². The van der Waals surface area contributed by atoms with Crippen LogP contribution in [-0.4, -0.2) is 47.6 Å². The Bertz CT molecular complexity index is 603. The number of nitrogens with one attached hydrogen (secondary N) is 2. The molecule has 0 spiro atoms. The standard InChI is InChI=1S/C15H21N3O4/c1-3-22-15(21)18-6-4-11(5-7-18)17-14(20)12-9-16-10(2)8-13(12)19/h8-9,11H,3-7H2,1-2H3,(H,16,19)(H,17,20). The number of aryl methyl sites for hydroxylation is 1. The molecule has 1 saturated heterocycles. The molecule has 0 atom stereocenters. The molecule has 0 unspecified atom stereocenters. The van der Waals surface area contributed by atoms with E-state index in [0.29, 0.717) is 38.2 Å². The van der Waals surface area contributed by atoms with E-state index in [1.165, 1.54) is 12.3 Å². The van der Waals surface area contributed by atoms with Crippen LogP contribution >= 0.6 is 0 Å². The first-order chi connectivity index (χ1) is 10.5. The lowest BCUT2D eigenvalue weighted by Gasteiger charge is -2.31. The van der Waals surface area contributed by atoms with Gasteiger partial charge in [0.1, 0.15) is 5.56 Å². The van der Waals surface area contributed by atoms with Crippen molar-refractivity contribution in [1.82, 2.24) is 15.2 Å². The van der Waals surface area contributed by atoms with E-state index in [0.717, 1.165) is 0 Å². The van der Waals surface area contributed by atoms with Crippen molar-refractivity contribution in [2.75, 3.05) is 19.7 Å². The molecule has 120 valence electrons. The third-order valence-electron chi connectivity index (χ3n) is 3.66. The van der Waals surface area contributed by atoms with Gasteiger partial charge in [0.25, 0.3) is 5.91 Å². The summed E-state index contributed by atoms with van der Waals surface area (Å²) >= 11 is 0. The Morgan fingerprint density at radius 3 is 2.68 bits per heavy atom. The van der Waals surface area contributed by atoms with Gasteiger partial charge in [-0.05, 0) is 26.7 Å². The third-order valence-corrected chi connectivity index (χ3v) is 3.66. The van der Waals surface area contributed by atoms with Gasteiger partial charge in [0.2, 0.25) is 0 Å². The molecule has 0 radical (unpaired) electrons. The smallest absolute Gasteiger partial charge is 0.409 e.